The summed E-state index contributed by atoms with van der Waals surface area (Å²) in [5, 5.41) is 4.82. The monoisotopic (exact) mass is 534 g/mol. The summed E-state index contributed by atoms with van der Waals surface area (Å²) in [6, 6.07) is 20.0. The number of benzene rings is 3. The Morgan fingerprint density at radius 3 is 2.18 bits per heavy atom. The first-order chi connectivity index (χ1) is 18.4. The largest absolute Gasteiger partial charge is 0.490 e. The second-order valence-electron chi connectivity index (χ2n) is 7.77. The van der Waals surface area contributed by atoms with Crippen LogP contribution in [0.3, 0.4) is 0 Å². The van der Waals surface area contributed by atoms with Gasteiger partial charge < -0.3 is 18.9 Å². The van der Waals surface area contributed by atoms with Crippen molar-refractivity contribution in [2.45, 2.75) is 6.92 Å². The van der Waals surface area contributed by atoms with Gasteiger partial charge in [0.25, 0.3) is 0 Å². The molecule has 0 aliphatic heterocycles. The summed E-state index contributed by atoms with van der Waals surface area (Å²) in [4.78, 5) is 38.5. The van der Waals surface area contributed by atoms with Gasteiger partial charge in [0.05, 0.1) is 37.1 Å². The minimum absolute atomic E-state index is 0.0912. The summed E-state index contributed by atoms with van der Waals surface area (Å²) in [5.74, 6) is -1.87. The van der Waals surface area contributed by atoms with Crippen molar-refractivity contribution in [1.29, 1.82) is 0 Å². The molecule has 1 heterocycles. The zero-order valence-corrected chi connectivity index (χ0v) is 21.5. The first-order valence-electron chi connectivity index (χ1n) is 11.5. The summed E-state index contributed by atoms with van der Waals surface area (Å²) in [5.41, 5.74) is 1.08. The molecule has 0 saturated carbocycles. The standard InChI is InChI=1S/C28H23ClN2O7/c1-4-37-22-16-17(14-15-21(22)38-26(32)19-12-8-9-13-20(19)29)24-23(27(33)35-2)25(28(34)36-3)31(30-24)18-10-6-5-7-11-18/h5-16H,4H2,1-3H3. The molecule has 0 bridgehead atoms. The second-order valence-corrected chi connectivity index (χ2v) is 8.17. The molecule has 0 radical (unpaired) electrons. The third-order valence-electron chi connectivity index (χ3n) is 5.47. The van der Waals surface area contributed by atoms with Crippen molar-refractivity contribution >= 4 is 29.5 Å². The maximum absolute atomic E-state index is 12.9. The summed E-state index contributed by atoms with van der Waals surface area (Å²) < 4.78 is 22.6. The minimum Gasteiger partial charge on any atom is -0.490 e. The average molecular weight is 535 g/mol. The lowest BCUT2D eigenvalue weighted by Gasteiger charge is -2.13. The molecule has 38 heavy (non-hydrogen) atoms. The molecule has 0 saturated heterocycles. The summed E-state index contributed by atoms with van der Waals surface area (Å²) >= 11 is 6.13. The van der Waals surface area contributed by atoms with Gasteiger partial charge in [-0.05, 0) is 49.4 Å². The molecule has 9 nitrogen and oxygen atoms in total. The Bertz CT molecular complexity index is 1500. The van der Waals surface area contributed by atoms with Crippen LogP contribution in [0.2, 0.25) is 5.02 Å². The number of carbonyl (C=O) groups excluding carboxylic acids is 3. The predicted molar refractivity (Wildman–Crippen MR) is 139 cm³/mol. The fourth-order valence-corrected chi connectivity index (χ4v) is 3.96. The Morgan fingerprint density at radius 1 is 0.842 bits per heavy atom. The highest BCUT2D eigenvalue weighted by atomic mass is 35.5. The molecule has 194 valence electrons. The van der Waals surface area contributed by atoms with Crippen molar-refractivity contribution in [3.05, 3.63) is 94.6 Å². The molecule has 1 aromatic heterocycles. The first-order valence-corrected chi connectivity index (χ1v) is 11.9. The molecule has 3 aromatic carbocycles. The fourth-order valence-electron chi connectivity index (χ4n) is 3.75. The van der Waals surface area contributed by atoms with Crippen LogP contribution in [0.4, 0.5) is 0 Å². The number of halogens is 1. The molecule has 0 amide bonds. The molecule has 10 heteroatoms. The van der Waals surface area contributed by atoms with Crippen LogP contribution in [-0.2, 0) is 9.47 Å². The maximum atomic E-state index is 12.9. The van der Waals surface area contributed by atoms with Gasteiger partial charge in [0.15, 0.2) is 17.2 Å². The highest BCUT2D eigenvalue weighted by molar-refractivity contribution is 6.33. The van der Waals surface area contributed by atoms with Gasteiger partial charge in [-0.2, -0.15) is 5.10 Å². The van der Waals surface area contributed by atoms with E-state index >= 15 is 0 Å². The number of esters is 3. The van der Waals surface area contributed by atoms with Crippen molar-refractivity contribution in [3.8, 4) is 28.4 Å². The number of hydrogen-bond donors (Lipinski definition) is 0. The molecule has 0 N–H and O–H groups in total. The number of nitrogens with zero attached hydrogens (tertiary/aromatic N) is 2. The number of rotatable bonds is 8. The van der Waals surface area contributed by atoms with E-state index in [0.717, 1.165) is 0 Å². The third kappa shape index (κ3) is 5.23. The van der Waals surface area contributed by atoms with Crippen LogP contribution in [0.1, 0.15) is 38.1 Å². The SMILES string of the molecule is CCOc1cc(-c2nn(-c3ccccc3)c(C(=O)OC)c2C(=O)OC)ccc1OC(=O)c1ccccc1Cl. The van der Waals surface area contributed by atoms with E-state index in [2.05, 4.69) is 5.10 Å². The molecule has 0 atom stereocenters. The highest BCUT2D eigenvalue weighted by Gasteiger charge is 2.31. The molecule has 4 aromatic rings. The van der Waals surface area contributed by atoms with Crippen molar-refractivity contribution in [1.82, 2.24) is 9.78 Å². The zero-order valence-electron chi connectivity index (χ0n) is 20.8. The lowest BCUT2D eigenvalue weighted by molar-refractivity contribution is 0.0549. The van der Waals surface area contributed by atoms with Crippen molar-refractivity contribution in [2.75, 3.05) is 20.8 Å². The van der Waals surface area contributed by atoms with E-state index in [0.29, 0.717) is 11.3 Å². The van der Waals surface area contributed by atoms with Crippen LogP contribution in [0.5, 0.6) is 11.5 Å². The van der Waals surface area contributed by atoms with Gasteiger partial charge in [-0.3, -0.25) is 0 Å². The fraction of sp³-hybridized carbons (Fsp3) is 0.143. The summed E-state index contributed by atoms with van der Waals surface area (Å²) in [6.45, 7) is 2.03. The lowest BCUT2D eigenvalue weighted by Crippen LogP contribution is -2.15. The number of aromatic nitrogens is 2. The van der Waals surface area contributed by atoms with Gasteiger partial charge in [0.2, 0.25) is 0 Å². The van der Waals surface area contributed by atoms with Crippen molar-refractivity contribution in [3.63, 3.8) is 0 Å². The second kappa shape index (κ2) is 11.6. The Hall–Kier alpha value is -4.63. The van der Waals surface area contributed by atoms with Crippen LogP contribution in [0.25, 0.3) is 16.9 Å². The van der Waals surface area contributed by atoms with E-state index in [4.69, 9.17) is 30.5 Å². The quantitative estimate of drug-likeness (QED) is 0.219. The van der Waals surface area contributed by atoms with E-state index < -0.39 is 17.9 Å². The highest BCUT2D eigenvalue weighted by Crippen LogP contribution is 2.36. The summed E-state index contributed by atoms with van der Waals surface area (Å²) in [6.07, 6.45) is 0. The lowest BCUT2D eigenvalue weighted by atomic mass is 10.0. The van der Waals surface area contributed by atoms with Crippen molar-refractivity contribution in [2.24, 2.45) is 0 Å². The van der Waals surface area contributed by atoms with Gasteiger partial charge in [-0.1, -0.05) is 41.9 Å². The number of methoxy groups -OCH3 is 2. The molecule has 0 spiro atoms. The molecule has 0 aliphatic carbocycles. The van der Waals surface area contributed by atoms with Gasteiger partial charge in [-0.15, -0.1) is 0 Å². The molecule has 0 aliphatic rings. The average Bonchev–Trinajstić information content (AvgIpc) is 3.34. The smallest absolute Gasteiger partial charge is 0.357 e. The normalized spacial score (nSPS) is 10.5. The predicted octanol–water partition coefficient (Wildman–Crippen LogP) is 5.38. The van der Waals surface area contributed by atoms with Gasteiger partial charge in [-0.25, -0.2) is 19.1 Å². The van der Waals surface area contributed by atoms with Crippen LogP contribution in [0, 0.1) is 0 Å². The molecular weight excluding hydrogens is 512 g/mol. The molecule has 0 unspecified atom stereocenters. The number of hydrogen-bond acceptors (Lipinski definition) is 8. The summed E-state index contributed by atoms with van der Waals surface area (Å²) in [7, 11) is 2.41. The number of para-hydroxylation sites is 1. The van der Waals surface area contributed by atoms with E-state index in [1.54, 1.807) is 67.6 Å². The van der Waals surface area contributed by atoms with Gasteiger partial charge in [0, 0.05) is 5.56 Å². The van der Waals surface area contributed by atoms with Gasteiger partial charge >= 0.3 is 17.9 Å². The Morgan fingerprint density at radius 2 is 1.53 bits per heavy atom. The van der Waals surface area contributed by atoms with E-state index in [9.17, 15) is 14.4 Å². The van der Waals surface area contributed by atoms with Crippen molar-refractivity contribution < 1.29 is 33.3 Å². The first kappa shape index (κ1) is 26.4. The van der Waals surface area contributed by atoms with Crippen LogP contribution in [0.15, 0.2) is 72.8 Å². The molecular formula is C28H23ClN2O7. The number of carbonyl (C=O) groups is 3. The van der Waals surface area contributed by atoms with E-state index in [1.165, 1.54) is 25.0 Å². The maximum Gasteiger partial charge on any atom is 0.357 e. The topological polar surface area (TPSA) is 106 Å². The van der Waals surface area contributed by atoms with Crippen LogP contribution >= 0.6 is 11.6 Å². The number of ether oxygens (including phenoxy) is 4. The Kier molecular flexibility index (Phi) is 8.08. The van der Waals surface area contributed by atoms with E-state index in [-0.39, 0.29) is 45.6 Å². The zero-order chi connectivity index (χ0) is 27.2. The van der Waals surface area contributed by atoms with Crippen LogP contribution < -0.4 is 9.47 Å². The third-order valence-corrected chi connectivity index (χ3v) is 5.80. The molecule has 0 fully saturated rings. The molecule has 4 rings (SSSR count). The minimum atomic E-state index is -0.783. The van der Waals surface area contributed by atoms with E-state index in [1.807, 2.05) is 6.07 Å². The van der Waals surface area contributed by atoms with Gasteiger partial charge in [0.1, 0.15) is 11.3 Å². The Balaban J connectivity index is 1.85. The van der Waals surface area contributed by atoms with Crippen LogP contribution in [-0.4, -0.2) is 48.5 Å². The Labute approximate surface area is 223 Å².